The molecule has 6 heteroatoms. The Balaban J connectivity index is 4.34. The average Bonchev–Trinajstić information content (AvgIpc) is 3.18. The third-order valence-corrected chi connectivity index (χ3v) is 9.85. The smallest absolute Gasteiger partial charge is 0.306 e. The van der Waals surface area contributed by atoms with Crippen LogP contribution in [-0.2, 0) is 28.6 Å². The van der Waals surface area contributed by atoms with Gasteiger partial charge in [-0.1, -0.05) is 185 Å². The molecule has 0 aromatic heterocycles. The first-order chi connectivity index (χ1) is 27.0. The molecule has 0 aliphatic rings. The van der Waals surface area contributed by atoms with Crippen molar-refractivity contribution in [3.63, 3.8) is 0 Å². The second-order valence-corrected chi connectivity index (χ2v) is 15.3. The molecular weight excluding hydrogens is 685 g/mol. The molecule has 0 N–H and O–H groups in total. The van der Waals surface area contributed by atoms with Crippen LogP contribution in [0.15, 0.2) is 48.6 Å². The highest BCUT2D eigenvalue weighted by molar-refractivity contribution is 5.71. The number of hydrogen-bond donors (Lipinski definition) is 0. The van der Waals surface area contributed by atoms with Gasteiger partial charge in [0.15, 0.2) is 6.10 Å². The molecule has 0 spiro atoms. The molecule has 1 atom stereocenters. The Morgan fingerprint density at radius 2 is 0.764 bits per heavy atom. The van der Waals surface area contributed by atoms with Gasteiger partial charge in [-0.15, -0.1) is 0 Å². The first-order valence-corrected chi connectivity index (χ1v) is 23.2. The Kier molecular flexibility index (Phi) is 42.0. The minimum absolute atomic E-state index is 0.0903. The fourth-order valence-electron chi connectivity index (χ4n) is 6.35. The molecule has 0 fully saturated rings. The maximum atomic E-state index is 12.7. The monoisotopic (exact) mass is 771 g/mol. The summed E-state index contributed by atoms with van der Waals surface area (Å²) in [5.41, 5.74) is 0. The molecule has 0 bridgehead atoms. The Morgan fingerprint density at radius 1 is 0.400 bits per heavy atom. The first kappa shape index (κ1) is 52.4. The van der Waals surface area contributed by atoms with Gasteiger partial charge in [0, 0.05) is 19.3 Å². The molecule has 0 aliphatic heterocycles. The van der Waals surface area contributed by atoms with Gasteiger partial charge >= 0.3 is 17.9 Å². The van der Waals surface area contributed by atoms with E-state index in [0.717, 1.165) is 89.9 Å². The lowest BCUT2D eigenvalue weighted by molar-refractivity contribution is -0.167. The molecule has 0 saturated carbocycles. The molecule has 1 unspecified atom stereocenters. The summed E-state index contributed by atoms with van der Waals surface area (Å²) in [5, 5.41) is 0. The van der Waals surface area contributed by atoms with Crippen molar-refractivity contribution in [2.24, 2.45) is 0 Å². The second kappa shape index (κ2) is 44.1. The summed E-state index contributed by atoms with van der Waals surface area (Å²) >= 11 is 0. The number of carbonyl (C=O) groups is 3. The highest BCUT2D eigenvalue weighted by Gasteiger charge is 2.19. The van der Waals surface area contributed by atoms with E-state index in [1.165, 1.54) is 96.3 Å². The van der Waals surface area contributed by atoms with Gasteiger partial charge in [0.1, 0.15) is 13.2 Å². The van der Waals surface area contributed by atoms with E-state index in [0.29, 0.717) is 19.3 Å². The molecule has 0 rings (SSSR count). The van der Waals surface area contributed by atoms with E-state index in [1.807, 2.05) is 0 Å². The summed E-state index contributed by atoms with van der Waals surface area (Å²) in [4.78, 5) is 37.6. The zero-order valence-electron chi connectivity index (χ0n) is 36.2. The van der Waals surface area contributed by atoms with Gasteiger partial charge < -0.3 is 14.2 Å². The van der Waals surface area contributed by atoms with Crippen molar-refractivity contribution >= 4 is 17.9 Å². The Morgan fingerprint density at radius 3 is 1.24 bits per heavy atom. The molecular formula is C49H86O6. The largest absolute Gasteiger partial charge is 0.462 e. The van der Waals surface area contributed by atoms with E-state index in [9.17, 15) is 14.4 Å². The van der Waals surface area contributed by atoms with Crippen molar-refractivity contribution in [2.45, 2.75) is 232 Å². The van der Waals surface area contributed by atoms with Crippen molar-refractivity contribution < 1.29 is 28.6 Å². The van der Waals surface area contributed by atoms with Gasteiger partial charge in [-0.3, -0.25) is 14.4 Å². The highest BCUT2D eigenvalue weighted by Crippen LogP contribution is 2.14. The minimum atomic E-state index is -0.786. The summed E-state index contributed by atoms with van der Waals surface area (Å²) in [7, 11) is 0. The predicted octanol–water partition coefficient (Wildman–Crippen LogP) is 14.8. The maximum Gasteiger partial charge on any atom is 0.306 e. The quantitative estimate of drug-likeness (QED) is 0.0202. The molecule has 0 radical (unpaired) electrons. The normalized spacial score (nSPS) is 12.4. The van der Waals surface area contributed by atoms with Gasteiger partial charge in [0.05, 0.1) is 0 Å². The molecule has 0 saturated heterocycles. The standard InChI is InChI=1S/C49H86O6/c1-4-7-10-13-16-19-21-22-23-24-25-26-27-28-31-33-36-39-42-48(51)54-45-46(44-53-47(50)41-38-35-32-29-18-15-12-9-6-3)55-49(52)43-40-37-34-30-20-17-14-11-8-5-2/h9,12,18,23-26,29,46H,4-8,10-11,13-17,19-22,27-28,30-45H2,1-3H3/b12-9-,24-23-,26-25-,29-18-. The van der Waals surface area contributed by atoms with Crippen molar-refractivity contribution in [3.8, 4) is 0 Å². The SMILES string of the molecule is CC/C=C\C/C=C\CCCCC(=O)OCC(COC(=O)CCCCCCC/C=C\C=C/CCCCCCCCC)OC(=O)CCCCCCCCCCCC. The predicted molar refractivity (Wildman–Crippen MR) is 233 cm³/mol. The third-order valence-electron chi connectivity index (χ3n) is 9.85. The van der Waals surface area contributed by atoms with Crippen LogP contribution in [0.1, 0.15) is 226 Å². The molecule has 0 aromatic rings. The van der Waals surface area contributed by atoms with Gasteiger partial charge in [0.25, 0.3) is 0 Å². The number of hydrogen-bond acceptors (Lipinski definition) is 6. The van der Waals surface area contributed by atoms with Gasteiger partial charge in [0.2, 0.25) is 0 Å². The van der Waals surface area contributed by atoms with E-state index >= 15 is 0 Å². The lowest BCUT2D eigenvalue weighted by Crippen LogP contribution is -2.30. The molecule has 0 aromatic carbocycles. The van der Waals surface area contributed by atoms with Crippen LogP contribution in [0.2, 0.25) is 0 Å². The second-order valence-electron chi connectivity index (χ2n) is 15.3. The molecule has 318 valence electrons. The van der Waals surface area contributed by atoms with Crippen molar-refractivity contribution in [3.05, 3.63) is 48.6 Å². The number of esters is 3. The van der Waals surface area contributed by atoms with Crippen LogP contribution >= 0.6 is 0 Å². The molecule has 0 amide bonds. The van der Waals surface area contributed by atoms with Crippen LogP contribution in [0.5, 0.6) is 0 Å². The number of rotatable bonds is 41. The summed E-state index contributed by atoms with van der Waals surface area (Å²) in [5.74, 6) is -0.944. The highest BCUT2D eigenvalue weighted by atomic mass is 16.6. The van der Waals surface area contributed by atoms with Gasteiger partial charge in [-0.2, -0.15) is 0 Å². The van der Waals surface area contributed by atoms with E-state index in [-0.39, 0.29) is 31.1 Å². The summed E-state index contributed by atoms with van der Waals surface area (Å²) in [6, 6.07) is 0. The number of ether oxygens (including phenoxy) is 3. The van der Waals surface area contributed by atoms with E-state index in [2.05, 4.69) is 69.4 Å². The molecule has 0 aliphatic carbocycles. The lowest BCUT2D eigenvalue weighted by atomic mass is 10.1. The topological polar surface area (TPSA) is 78.9 Å². The zero-order chi connectivity index (χ0) is 40.1. The van der Waals surface area contributed by atoms with Crippen LogP contribution in [0.25, 0.3) is 0 Å². The molecule has 55 heavy (non-hydrogen) atoms. The van der Waals surface area contributed by atoms with E-state index in [4.69, 9.17) is 14.2 Å². The van der Waals surface area contributed by atoms with Gasteiger partial charge in [-0.05, 0) is 70.6 Å². The number of unbranched alkanes of at least 4 members (excludes halogenated alkanes) is 23. The van der Waals surface area contributed by atoms with Crippen LogP contribution in [-0.4, -0.2) is 37.2 Å². The van der Waals surface area contributed by atoms with Crippen LogP contribution < -0.4 is 0 Å². The average molecular weight is 771 g/mol. The Labute approximate surface area is 339 Å². The third kappa shape index (κ3) is 42.4. The fourth-order valence-corrected chi connectivity index (χ4v) is 6.35. The zero-order valence-corrected chi connectivity index (χ0v) is 36.2. The number of allylic oxidation sites excluding steroid dienone is 8. The lowest BCUT2D eigenvalue weighted by Gasteiger charge is -2.18. The Hall–Kier alpha value is -2.63. The minimum Gasteiger partial charge on any atom is -0.462 e. The number of carbonyl (C=O) groups excluding carboxylic acids is 3. The fraction of sp³-hybridized carbons (Fsp3) is 0.776. The van der Waals surface area contributed by atoms with Crippen LogP contribution in [0.3, 0.4) is 0 Å². The van der Waals surface area contributed by atoms with E-state index < -0.39 is 6.10 Å². The summed E-state index contributed by atoms with van der Waals surface area (Å²) in [6.45, 7) is 6.44. The summed E-state index contributed by atoms with van der Waals surface area (Å²) < 4.78 is 16.6. The van der Waals surface area contributed by atoms with Crippen LogP contribution in [0, 0.1) is 0 Å². The maximum absolute atomic E-state index is 12.7. The molecule has 6 nitrogen and oxygen atoms in total. The summed E-state index contributed by atoms with van der Waals surface area (Å²) in [6.07, 6.45) is 51.1. The van der Waals surface area contributed by atoms with Crippen LogP contribution in [0.4, 0.5) is 0 Å². The van der Waals surface area contributed by atoms with Gasteiger partial charge in [-0.25, -0.2) is 0 Å². The van der Waals surface area contributed by atoms with E-state index in [1.54, 1.807) is 0 Å². The molecule has 0 heterocycles. The van der Waals surface area contributed by atoms with Crippen molar-refractivity contribution in [1.82, 2.24) is 0 Å². The van der Waals surface area contributed by atoms with Crippen molar-refractivity contribution in [1.29, 1.82) is 0 Å². The Bertz CT molecular complexity index is 980. The first-order valence-electron chi connectivity index (χ1n) is 23.2. The van der Waals surface area contributed by atoms with Crippen molar-refractivity contribution in [2.75, 3.05) is 13.2 Å².